The van der Waals surface area contributed by atoms with Crippen LogP contribution in [0.5, 0.6) is 0 Å². The molecule has 2 rings (SSSR count). The average molecular weight is 167 g/mol. The molecule has 0 spiro atoms. The zero-order valence-corrected chi connectivity index (χ0v) is 6.52. The Hall–Kier alpha value is -1.15. The standard InChI is InChI=1S/C8H7ClN2/c9-8-3-5-1-2-6(10)4-7(5)11-8/h1-4,11H,10H2. The van der Waals surface area contributed by atoms with E-state index >= 15 is 0 Å². The first-order valence-corrected chi connectivity index (χ1v) is 3.67. The summed E-state index contributed by atoms with van der Waals surface area (Å²) in [5.74, 6) is 0. The summed E-state index contributed by atoms with van der Waals surface area (Å²) in [4.78, 5) is 2.98. The van der Waals surface area contributed by atoms with E-state index in [4.69, 9.17) is 17.3 Å². The number of benzene rings is 1. The Morgan fingerprint density at radius 2 is 2.09 bits per heavy atom. The number of halogens is 1. The molecule has 0 aliphatic rings. The van der Waals surface area contributed by atoms with Crippen LogP contribution in [0.25, 0.3) is 10.9 Å². The van der Waals surface area contributed by atoms with Gasteiger partial charge in [0.15, 0.2) is 0 Å². The number of hydrogen-bond donors (Lipinski definition) is 2. The number of nitrogens with one attached hydrogen (secondary N) is 1. The van der Waals surface area contributed by atoms with E-state index in [9.17, 15) is 0 Å². The monoisotopic (exact) mass is 166 g/mol. The van der Waals surface area contributed by atoms with Gasteiger partial charge in [0.2, 0.25) is 0 Å². The first-order valence-electron chi connectivity index (χ1n) is 3.29. The molecule has 0 atom stereocenters. The van der Waals surface area contributed by atoms with Crippen LogP contribution < -0.4 is 5.73 Å². The van der Waals surface area contributed by atoms with Crippen LogP contribution in [0.4, 0.5) is 5.69 Å². The summed E-state index contributed by atoms with van der Waals surface area (Å²) in [6.45, 7) is 0. The number of nitrogen functional groups attached to an aromatic ring is 1. The number of anilines is 1. The lowest BCUT2D eigenvalue weighted by Crippen LogP contribution is -1.81. The average Bonchev–Trinajstić information content (AvgIpc) is 2.27. The highest BCUT2D eigenvalue weighted by molar-refractivity contribution is 6.30. The molecule has 0 fully saturated rings. The summed E-state index contributed by atoms with van der Waals surface area (Å²) in [6.07, 6.45) is 0. The number of nitrogens with two attached hydrogens (primary N) is 1. The lowest BCUT2D eigenvalue weighted by molar-refractivity contribution is 1.48. The van der Waals surface area contributed by atoms with Gasteiger partial charge in [-0.15, -0.1) is 0 Å². The molecular formula is C8H7ClN2. The minimum Gasteiger partial charge on any atom is -0.399 e. The molecule has 3 N–H and O–H groups in total. The zero-order valence-electron chi connectivity index (χ0n) is 5.76. The molecule has 11 heavy (non-hydrogen) atoms. The van der Waals surface area contributed by atoms with Crippen molar-refractivity contribution in [1.29, 1.82) is 0 Å². The number of aromatic nitrogens is 1. The molecule has 0 radical (unpaired) electrons. The quantitative estimate of drug-likeness (QED) is 0.580. The molecule has 2 aromatic rings. The molecular weight excluding hydrogens is 160 g/mol. The van der Waals surface area contributed by atoms with E-state index in [1.54, 1.807) is 0 Å². The van der Waals surface area contributed by atoms with E-state index in [0.29, 0.717) is 5.15 Å². The van der Waals surface area contributed by atoms with Crippen molar-refractivity contribution in [1.82, 2.24) is 4.98 Å². The van der Waals surface area contributed by atoms with Crippen molar-refractivity contribution >= 4 is 28.2 Å². The molecule has 0 unspecified atom stereocenters. The van der Waals surface area contributed by atoms with Gasteiger partial charge in [-0.3, -0.25) is 0 Å². The van der Waals surface area contributed by atoms with Crippen LogP contribution in [0.2, 0.25) is 5.15 Å². The molecule has 2 nitrogen and oxygen atoms in total. The summed E-state index contributed by atoms with van der Waals surface area (Å²) in [5.41, 5.74) is 7.30. The predicted octanol–water partition coefficient (Wildman–Crippen LogP) is 2.40. The molecule has 0 saturated heterocycles. The van der Waals surface area contributed by atoms with Crippen molar-refractivity contribution in [3.8, 4) is 0 Å². The molecule has 1 aromatic carbocycles. The second-order valence-corrected chi connectivity index (χ2v) is 2.87. The summed E-state index contributed by atoms with van der Waals surface area (Å²) in [6, 6.07) is 7.52. The van der Waals surface area contributed by atoms with Crippen LogP contribution >= 0.6 is 11.6 Å². The molecule has 0 aliphatic carbocycles. The Labute approximate surface area is 69.0 Å². The lowest BCUT2D eigenvalue weighted by Gasteiger charge is -1.90. The maximum absolute atomic E-state index is 5.74. The minimum absolute atomic E-state index is 0.644. The first-order chi connectivity index (χ1) is 5.25. The van der Waals surface area contributed by atoms with Crippen molar-refractivity contribution in [2.24, 2.45) is 0 Å². The fourth-order valence-corrected chi connectivity index (χ4v) is 1.33. The van der Waals surface area contributed by atoms with Gasteiger partial charge in [0, 0.05) is 16.6 Å². The van der Waals surface area contributed by atoms with E-state index in [1.807, 2.05) is 24.3 Å². The molecule has 56 valence electrons. The number of fused-ring (bicyclic) bond motifs is 1. The van der Waals surface area contributed by atoms with Gasteiger partial charge in [-0.25, -0.2) is 0 Å². The largest absolute Gasteiger partial charge is 0.399 e. The Morgan fingerprint density at radius 3 is 2.91 bits per heavy atom. The number of H-pyrrole nitrogens is 1. The molecule has 0 bridgehead atoms. The van der Waals surface area contributed by atoms with E-state index in [0.717, 1.165) is 16.6 Å². The lowest BCUT2D eigenvalue weighted by atomic mass is 10.2. The number of rotatable bonds is 0. The van der Waals surface area contributed by atoms with Crippen LogP contribution in [-0.2, 0) is 0 Å². The fourth-order valence-electron chi connectivity index (χ4n) is 1.11. The van der Waals surface area contributed by atoms with Crippen molar-refractivity contribution in [3.05, 3.63) is 29.4 Å². The summed E-state index contributed by atoms with van der Waals surface area (Å²) >= 11 is 5.74. The third kappa shape index (κ3) is 1.05. The number of aromatic amines is 1. The molecule has 1 aromatic heterocycles. The SMILES string of the molecule is Nc1ccc2cc(Cl)[nH]c2c1. The van der Waals surface area contributed by atoms with E-state index in [-0.39, 0.29) is 0 Å². The van der Waals surface area contributed by atoms with E-state index in [1.165, 1.54) is 0 Å². The topological polar surface area (TPSA) is 41.8 Å². The van der Waals surface area contributed by atoms with Gasteiger partial charge in [0.05, 0.1) is 0 Å². The Kier molecular flexibility index (Phi) is 1.29. The van der Waals surface area contributed by atoms with Crippen LogP contribution in [0.15, 0.2) is 24.3 Å². The predicted molar refractivity (Wildman–Crippen MR) is 47.7 cm³/mol. The van der Waals surface area contributed by atoms with Gasteiger partial charge in [0.25, 0.3) is 0 Å². The normalized spacial score (nSPS) is 10.6. The third-order valence-electron chi connectivity index (χ3n) is 1.61. The van der Waals surface area contributed by atoms with Crippen LogP contribution in [0.1, 0.15) is 0 Å². The third-order valence-corrected chi connectivity index (χ3v) is 1.82. The van der Waals surface area contributed by atoms with Gasteiger partial charge >= 0.3 is 0 Å². The van der Waals surface area contributed by atoms with Gasteiger partial charge in [-0.1, -0.05) is 17.7 Å². The van der Waals surface area contributed by atoms with E-state index < -0.39 is 0 Å². The summed E-state index contributed by atoms with van der Waals surface area (Å²) < 4.78 is 0. The first kappa shape index (κ1) is 6.55. The Bertz CT molecular complexity index is 392. The Balaban J connectivity index is 2.82. The van der Waals surface area contributed by atoms with Gasteiger partial charge < -0.3 is 10.7 Å². The zero-order chi connectivity index (χ0) is 7.84. The highest BCUT2D eigenvalue weighted by Crippen LogP contribution is 2.20. The summed E-state index contributed by atoms with van der Waals surface area (Å²) in [7, 11) is 0. The van der Waals surface area contributed by atoms with Crippen molar-refractivity contribution in [2.75, 3.05) is 5.73 Å². The second-order valence-electron chi connectivity index (χ2n) is 2.46. The van der Waals surface area contributed by atoms with Crippen LogP contribution in [0, 0.1) is 0 Å². The van der Waals surface area contributed by atoms with Crippen LogP contribution in [-0.4, -0.2) is 4.98 Å². The van der Waals surface area contributed by atoms with E-state index in [2.05, 4.69) is 4.98 Å². The maximum atomic E-state index is 5.74. The highest BCUT2D eigenvalue weighted by Gasteiger charge is 1.96. The van der Waals surface area contributed by atoms with Crippen LogP contribution in [0.3, 0.4) is 0 Å². The molecule has 0 saturated carbocycles. The molecule has 1 heterocycles. The molecule has 0 aliphatic heterocycles. The van der Waals surface area contributed by atoms with Crippen molar-refractivity contribution in [2.45, 2.75) is 0 Å². The molecule has 0 amide bonds. The van der Waals surface area contributed by atoms with Gasteiger partial charge in [-0.2, -0.15) is 0 Å². The smallest absolute Gasteiger partial charge is 0.107 e. The van der Waals surface area contributed by atoms with Gasteiger partial charge in [0.1, 0.15) is 5.15 Å². The van der Waals surface area contributed by atoms with Crippen molar-refractivity contribution in [3.63, 3.8) is 0 Å². The second kappa shape index (κ2) is 2.17. The Morgan fingerprint density at radius 1 is 1.27 bits per heavy atom. The fraction of sp³-hybridized carbons (Fsp3) is 0. The summed E-state index contributed by atoms with van der Waals surface area (Å²) in [5, 5.41) is 1.73. The number of hydrogen-bond acceptors (Lipinski definition) is 1. The highest BCUT2D eigenvalue weighted by atomic mass is 35.5. The van der Waals surface area contributed by atoms with Crippen molar-refractivity contribution < 1.29 is 0 Å². The van der Waals surface area contributed by atoms with Gasteiger partial charge in [-0.05, 0) is 18.2 Å². The molecule has 3 heteroatoms. The maximum Gasteiger partial charge on any atom is 0.107 e. The minimum atomic E-state index is 0.644.